The number of nitrogens with one attached hydrogen (secondary N) is 1. The number of hydrogen-bond acceptors (Lipinski definition) is 6. The first-order valence-electron chi connectivity index (χ1n) is 5.79. The Kier molecular flexibility index (Phi) is 3.78. The van der Waals surface area contributed by atoms with Crippen molar-refractivity contribution in [3.63, 3.8) is 0 Å². The minimum atomic E-state index is 0.668. The summed E-state index contributed by atoms with van der Waals surface area (Å²) in [6.07, 6.45) is 5.71. The van der Waals surface area contributed by atoms with E-state index < -0.39 is 0 Å². The van der Waals surface area contributed by atoms with Gasteiger partial charge in [0.2, 0.25) is 0 Å². The standard InChI is InChI=1S/C12H17N5O/c1-3-10-11(16-13)14-8-15-12(10)17(2)6-9-4-5-18-7-9/h4-5,7-8H,3,6,13H2,1-2H3,(H,14,15,16). The summed E-state index contributed by atoms with van der Waals surface area (Å²) in [5.74, 6) is 7.00. The molecule has 0 saturated heterocycles. The van der Waals surface area contributed by atoms with E-state index in [-0.39, 0.29) is 0 Å². The third kappa shape index (κ3) is 2.43. The van der Waals surface area contributed by atoms with E-state index >= 15 is 0 Å². The molecule has 6 heteroatoms. The molecule has 0 aliphatic heterocycles. The number of nitrogens with zero attached hydrogens (tertiary/aromatic N) is 3. The lowest BCUT2D eigenvalue weighted by Gasteiger charge is -2.21. The van der Waals surface area contributed by atoms with Crippen LogP contribution in [-0.4, -0.2) is 17.0 Å². The molecule has 0 saturated carbocycles. The van der Waals surface area contributed by atoms with Crippen LogP contribution in [0.5, 0.6) is 0 Å². The Hall–Kier alpha value is -2.08. The third-order valence-electron chi connectivity index (χ3n) is 2.77. The lowest BCUT2D eigenvalue weighted by Crippen LogP contribution is -2.21. The highest BCUT2D eigenvalue weighted by atomic mass is 16.3. The van der Waals surface area contributed by atoms with Crippen molar-refractivity contribution in [3.8, 4) is 0 Å². The van der Waals surface area contributed by atoms with E-state index in [1.165, 1.54) is 6.33 Å². The van der Waals surface area contributed by atoms with E-state index in [1.807, 2.05) is 18.0 Å². The van der Waals surface area contributed by atoms with Crippen molar-refractivity contribution in [3.05, 3.63) is 36.0 Å². The highest BCUT2D eigenvalue weighted by molar-refractivity contribution is 5.58. The van der Waals surface area contributed by atoms with Crippen LogP contribution < -0.4 is 16.2 Å². The fourth-order valence-corrected chi connectivity index (χ4v) is 1.91. The van der Waals surface area contributed by atoms with Gasteiger partial charge >= 0.3 is 0 Å². The van der Waals surface area contributed by atoms with Crippen molar-refractivity contribution < 1.29 is 4.42 Å². The summed E-state index contributed by atoms with van der Waals surface area (Å²) in [6, 6.07) is 1.94. The molecule has 0 fully saturated rings. The summed E-state index contributed by atoms with van der Waals surface area (Å²) < 4.78 is 5.06. The minimum Gasteiger partial charge on any atom is -0.472 e. The Morgan fingerprint density at radius 3 is 2.89 bits per heavy atom. The second-order valence-electron chi connectivity index (χ2n) is 4.01. The average Bonchev–Trinajstić information content (AvgIpc) is 2.90. The molecule has 0 unspecified atom stereocenters. The molecule has 3 N–H and O–H groups in total. The first kappa shape index (κ1) is 12.4. The molecule has 2 aromatic heterocycles. The van der Waals surface area contributed by atoms with Crippen LogP contribution in [0.1, 0.15) is 18.1 Å². The van der Waals surface area contributed by atoms with Crippen molar-refractivity contribution >= 4 is 11.6 Å². The van der Waals surface area contributed by atoms with Gasteiger partial charge < -0.3 is 14.7 Å². The molecule has 0 radical (unpaired) electrons. The maximum Gasteiger partial charge on any atom is 0.148 e. The molecule has 0 spiro atoms. The summed E-state index contributed by atoms with van der Waals surface area (Å²) in [6.45, 7) is 2.78. The van der Waals surface area contributed by atoms with Gasteiger partial charge in [-0.1, -0.05) is 6.92 Å². The van der Waals surface area contributed by atoms with E-state index in [4.69, 9.17) is 10.3 Å². The van der Waals surface area contributed by atoms with Crippen LogP contribution in [-0.2, 0) is 13.0 Å². The van der Waals surface area contributed by atoms with Crippen molar-refractivity contribution in [1.29, 1.82) is 0 Å². The molecule has 0 aliphatic rings. The number of hydrogen-bond donors (Lipinski definition) is 2. The highest BCUT2D eigenvalue weighted by Crippen LogP contribution is 2.23. The highest BCUT2D eigenvalue weighted by Gasteiger charge is 2.13. The predicted octanol–water partition coefficient (Wildman–Crippen LogP) is 1.55. The van der Waals surface area contributed by atoms with Crippen molar-refractivity contribution in [2.24, 2.45) is 5.84 Å². The lowest BCUT2D eigenvalue weighted by molar-refractivity contribution is 0.563. The molecule has 2 rings (SSSR count). The molecule has 2 heterocycles. The van der Waals surface area contributed by atoms with Crippen molar-refractivity contribution in [2.45, 2.75) is 19.9 Å². The molecular weight excluding hydrogens is 230 g/mol. The summed E-state index contributed by atoms with van der Waals surface area (Å²) in [7, 11) is 1.98. The van der Waals surface area contributed by atoms with Crippen LogP contribution in [0.4, 0.5) is 11.6 Å². The number of aromatic nitrogens is 2. The van der Waals surface area contributed by atoms with Gasteiger partial charge in [-0.05, 0) is 12.5 Å². The molecule has 2 aromatic rings. The van der Waals surface area contributed by atoms with Crippen LogP contribution in [0.15, 0.2) is 29.3 Å². The van der Waals surface area contributed by atoms with Gasteiger partial charge in [-0.2, -0.15) is 0 Å². The fourth-order valence-electron chi connectivity index (χ4n) is 1.91. The number of furan rings is 1. The number of hydrazine groups is 1. The summed E-state index contributed by atoms with van der Waals surface area (Å²) in [4.78, 5) is 10.5. The molecule has 96 valence electrons. The number of anilines is 2. The lowest BCUT2D eigenvalue weighted by atomic mass is 10.2. The van der Waals surface area contributed by atoms with E-state index in [9.17, 15) is 0 Å². The zero-order valence-electron chi connectivity index (χ0n) is 10.6. The van der Waals surface area contributed by atoms with Gasteiger partial charge in [-0.15, -0.1) is 0 Å². The molecule has 0 bridgehead atoms. The Labute approximate surface area is 106 Å². The fraction of sp³-hybridized carbons (Fsp3) is 0.333. The first-order valence-corrected chi connectivity index (χ1v) is 5.79. The molecular formula is C12H17N5O. The topological polar surface area (TPSA) is 80.2 Å². The zero-order valence-corrected chi connectivity index (χ0v) is 10.6. The monoisotopic (exact) mass is 247 g/mol. The Morgan fingerprint density at radius 2 is 2.28 bits per heavy atom. The number of nitrogen functional groups attached to an aromatic ring is 1. The number of rotatable bonds is 5. The molecule has 6 nitrogen and oxygen atoms in total. The van der Waals surface area contributed by atoms with E-state index in [1.54, 1.807) is 12.5 Å². The van der Waals surface area contributed by atoms with Crippen molar-refractivity contribution in [1.82, 2.24) is 9.97 Å². The molecule has 18 heavy (non-hydrogen) atoms. The van der Waals surface area contributed by atoms with E-state index in [0.717, 1.165) is 29.9 Å². The molecule has 0 atom stereocenters. The molecule has 0 aromatic carbocycles. The van der Waals surface area contributed by atoms with Gasteiger partial charge in [-0.25, -0.2) is 15.8 Å². The Bertz CT molecular complexity index is 497. The van der Waals surface area contributed by atoms with Gasteiger partial charge in [0.1, 0.15) is 18.0 Å². The maximum absolute atomic E-state index is 5.46. The SMILES string of the molecule is CCc1c(NN)ncnc1N(C)Cc1ccoc1. The van der Waals surface area contributed by atoms with Gasteiger partial charge in [-0.3, -0.25) is 0 Å². The smallest absolute Gasteiger partial charge is 0.148 e. The van der Waals surface area contributed by atoms with Crippen LogP contribution in [0, 0.1) is 0 Å². The van der Waals surface area contributed by atoms with Gasteiger partial charge in [0.15, 0.2) is 0 Å². The quantitative estimate of drug-likeness (QED) is 0.616. The summed E-state index contributed by atoms with van der Waals surface area (Å²) >= 11 is 0. The predicted molar refractivity (Wildman–Crippen MR) is 70.0 cm³/mol. The van der Waals surface area contributed by atoms with Crippen LogP contribution in [0.2, 0.25) is 0 Å². The van der Waals surface area contributed by atoms with Crippen LogP contribution in [0.25, 0.3) is 0 Å². The minimum absolute atomic E-state index is 0.668. The Morgan fingerprint density at radius 1 is 1.44 bits per heavy atom. The van der Waals surface area contributed by atoms with E-state index in [2.05, 4.69) is 22.3 Å². The summed E-state index contributed by atoms with van der Waals surface area (Å²) in [5.41, 5.74) is 4.71. The second-order valence-corrected chi connectivity index (χ2v) is 4.01. The molecule has 0 amide bonds. The van der Waals surface area contributed by atoms with Gasteiger partial charge in [0, 0.05) is 24.7 Å². The Balaban J connectivity index is 2.26. The largest absolute Gasteiger partial charge is 0.472 e. The number of nitrogens with two attached hydrogens (primary N) is 1. The van der Waals surface area contributed by atoms with E-state index in [0.29, 0.717) is 5.82 Å². The maximum atomic E-state index is 5.46. The average molecular weight is 247 g/mol. The second kappa shape index (κ2) is 5.50. The van der Waals surface area contributed by atoms with Crippen LogP contribution in [0.3, 0.4) is 0 Å². The van der Waals surface area contributed by atoms with Crippen molar-refractivity contribution in [2.75, 3.05) is 17.4 Å². The molecule has 0 aliphatic carbocycles. The van der Waals surface area contributed by atoms with Gasteiger partial charge in [0.25, 0.3) is 0 Å². The van der Waals surface area contributed by atoms with Crippen LogP contribution >= 0.6 is 0 Å². The normalized spacial score (nSPS) is 10.4. The third-order valence-corrected chi connectivity index (χ3v) is 2.77. The van der Waals surface area contributed by atoms with Gasteiger partial charge in [0.05, 0.1) is 12.5 Å². The summed E-state index contributed by atoms with van der Waals surface area (Å²) in [5, 5.41) is 0. The zero-order chi connectivity index (χ0) is 13.0. The first-order chi connectivity index (χ1) is 8.76.